The Kier molecular flexibility index (Phi) is 6.64. The Morgan fingerprint density at radius 2 is 1.11 bits per heavy atom. The summed E-state index contributed by atoms with van der Waals surface area (Å²) in [5, 5.41) is 2.54. The first-order valence-electron chi connectivity index (χ1n) is 16.7. The Balaban J connectivity index is 1.21. The Labute approximate surface area is 276 Å². The summed E-state index contributed by atoms with van der Waals surface area (Å²) in [4.78, 5) is 0. The highest BCUT2D eigenvalue weighted by Gasteiger charge is 2.29. The van der Waals surface area contributed by atoms with Gasteiger partial charge in [-0.3, -0.25) is 0 Å². The Morgan fingerprint density at radius 3 is 1.96 bits per heavy atom. The minimum atomic E-state index is 0.402. The number of benzene rings is 7. The fourth-order valence-corrected chi connectivity index (χ4v) is 8.01. The predicted molar refractivity (Wildman–Crippen MR) is 198 cm³/mol. The third kappa shape index (κ3) is 4.62. The number of fused-ring (bicyclic) bond motifs is 6. The second kappa shape index (κ2) is 11.3. The summed E-state index contributed by atoms with van der Waals surface area (Å²) in [6.45, 7) is 2.41. The summed E-state index contributed by atoms with van der Waals surface area (Å²) >= 11 is 0. The van der Waals surface area contributed by atoms with E-state index in [1.54, 1.807) is 0 Å². The fraction of sp³-hybridized carbons (Fsp3) is 0.0870. The van der Waals surface area contributed by atoms with Crippen LogP contribution in [0.15, 0.2) is 170 Å². The molecule has 0 radical (unpaired) electrons. The number of rotatable bonds is 4. The van der Waals surface area contributed by atoms with Gasteiger partial charge in [0.1, 0.15) is 0 Å². The first-order valence-corrected chi connectivity index (χ1v) is 16.7. The zero-order valence-corrected chi connectivity index (χ0v) is 26.5. The first kappa shape index (κ1) is 27.6. The molecule has 0 spiro atoms. The largest absolute Gasteiger partial charge is 0.309 e. The van der Waals surface area contributed by atoms with Gasteiger partial charge in [-0.25, -0.2) is 0 Å². The van der Waals surface area contributed by atoms with E-state index in [4.69, 9.17) is 0 Å². The standard InChI is InChI=1S/C46H35N/c1-31-37-26-24-34(28-42(37)38-19-9-8-18-36(38)30-41(31)33-16-6-3-7-17-33)35-25-27-46-43(29-35)40-21-11-13-23-45(40)47(46)44-22-12-10-20-39(44)32-14-4-2-5-15-32/h2-29,31,41H,30H2,1H3. The van der Waals surface area contributed by atoms with Gasteiger partial charge in [-0.1, -0.05) is 146 Å². The lowest BCUT2D eigenvalue weighted by Gasteiger charge is -2.24. The third-order valence-corrected chi connectivity index (χ3v) is 10.4. The maximum absolute atomic E-state index is 2.45. The molecule has 2 unspecified atom stereocenters. The topological polar surface area (TPSA) is 4.93 Å². The highest BCUT2D eigenvalue weighted by atomic mass is 15.0. The number of hydrogen-bond donors (Lipinski definition) is 0. The van der Waals surface area contributed by atoms with Crippen molar-refractivity contribution in [3.05, 3.63) is 187 Å². The maximum atomic E-state index is 2.45. The maximum Gasteiger partial charge on any atom is 0.0541 e. The molecule has 0 N–H and O–H groups in total. The van der Waals surface area contributed by atoms with Crippen LogP contribution < -0.4 is 0 Å². The molecule has 0 amide bonds. The van der Waals surface area contributed by atoms with Crippen LogP contribution in [-0.4, -0.2) is 4.57 Å². The van der Waals surface area contributed by atoms with Gasteiger partial charge < -0.3 is 4.57 Å². The Hall–Kier alpha value is -5.66. The van der Waals surface area contributed by atoms with Crippen LogP contribution in [0.3, 0.4) is 0 Å². The minimum Gasteiger partial charge on any atom is -0.309 e. The van der Waals surface area contributed by atoms with Crippen molar-refractivity contribution in [3.8, 4) is 39.1 Å². The minimum absolute atomic E-state index is 0.402. The molecule has 9 rings (SSSR count). The molecular weight excluding hydrogens is 567 g/mol. The SMILES string of the molecule is CC1c2ccc(-c3ccc4c(c3)c3ccccc3n4-c3ccccc3-c3ccccc3)cc2-c2ccccc2CC1c1ccccc1. The highest BCUT2D eigenvalue weighted by Crippen LogP contribution is 2.46. The van der Waals surface area contributed by atoms with Crippen molar-refractivity contribution in [1.82, 2.24) is 4.57 Å². The van der Waals surface area contributed by atoms with Gasteiger partial charge in [0.15, 0.2) is 0 Å². The van der Waals surface area contributed by atoms with E-state index < -0.39 is 0 Å². The van der Waals surface area contributed by atoms with Crippen LogP contribution in [0.5, 0.6) is 0 Å². The summed E-state index contributed by atoms with van der Waals surface area (Å²) in [6, 6.07) is 62.6. The van der Waals surface area contributed by atoms with Crippen molar-refractivity contribution in [1.29, 1.82) is 0 Å². The molecule has 7 aromatic carbocycles. The molecule has 0 saturated carbocycles. The molecular formula is C46H35N. The summed E-state index contributed by atoms with van der Waals surface area (Å²) in [7, 11) is 0. The van der Waals surface area contributed by atoms with E-state index in [9.17, 15) is 0 Å². The average molecular weight is 602 g/mol. The third-order valence-electron chi connectivity index (χ3n) is 10.4. The van der Waals surface area contributed by atoms with Crippen LogP contribution >= 0.6 is 0 Å². The molecule has 1 nitrogen and oxygen atoms in total. The van der Waals surface area contributed by atoms with Crippen LogP contribution in [0.4, 0.5) is 0 Å². The molecule has 0 aliphatic heterocycles. The number of hydrogen-bond acceptors (Lipinski definition) is 0. The predicted octanol–water partition coefficient (Wildman–Crippen LogP) is 12.2. The van der Waals surface area contributed by atoms with Gasteiger partial charge in [0.25, 0.3) is 0 Å². The quantitative estimate of drug-likeness (QED) is 0.189. The van der Waals surface area contributed by atoms with Crippen LogP contribution in [0.25, 0.3) is 60.9 Å². The van der Waals surface area contributed by atoms with E-state index in [0.29, 0.717) is 11.8 Å². The van der Waals surface area contributed by atoms with Crippen LogP contribution in [0, 0.1) is 0 Å². The van der Waals surface area contributed by atoms with Gasteiger partial charge in [-0.2, -0.15) is 0 Å². The smallest absolute Gasteiger partial charge is 0.0541 e. The average Bonchev–Trinajstić information content (AvgIpc) is 3.41. The molecule has 1 heteroatoms. The van der Waals surface area contributed by atoms with E-state index in [2.05, 4.69) is 181 Å². The van der Waals surface area contributed by atoms with Crippen molar-refractivity contribution in [2.75, 3.05) is 0 Å². The van der Waals surface area contributed by atoms with Crippen molar-refractivity contribution < 1.29 is 0 Å². The second-order valence-corrected chi connectivity index (χ2v) is 12.9. The fourth-order valence-electron chi connectivity index (χ4n) is 8.01. The molecule has 1 aliphatic carbocycles. The van der Waals surface area contributed by atoms with Gasteiger partial charge in [0.2, 0.25) is 0 Å². The highest BCUT2D eigenvalue weighted by molar-refractivity contribution is 6.11. The van der Waals surface area contributed by atoms with Crippen molar-refractivity contribution in [3.63, 3.8) is 0 Å². The molecule has 1 aromatic heterocycles. The number of para-hydroxylation sites is 2. The Bertz CT molecular complexity index is 2400. The summed E-state index contributed by atoms with van der Waals surface area (Å²) in [6.07, 6.45) is 1.04. The first-order chi connectivity index (χ1) is 23.2. The van der Waals surface area contributed by atoms with Gasteiger partial charge in [-0.05, 0) is 93.1 Å². The summed E-state index contributed by atoms with van der Waals surface area (Å²) in [5.41, 5.74) is 15.6. The van der Waals surface area contributed by atoms with Crippen LogP contribution in [0.1, 0.15) is 35.4 Å². The summed E-state index contributed by atoms with van der Waals surface area (Å²) in [5.74, 6) is 0.838. The van der Waals surface area contributed by atoms with Gasteiger partial charge in [-0.15, -0.1) is 0 Å². The number of aromatic nitrogens is 1. The number of nitrogens with zero attached hydrogens (tertiary/aromatic N) is 1. The molecule has 8 aromatic rings. The summed E-state index contributed by atoms with van der Waals surface area (Å²) < 4.78 is 2.44. The van der Waals surface area contributed by atoms with Crippen molar-refractivity contribution in [2.24, 2.45) is 0 Å². The zero-order chi connectivity index (χ0) is 31.3. The van der Waals surface area contributed by atoms with Crippen molar-refractivity contribution >= 4 is 21.8 Å². The lowest BCUT2D eigenvalue weighted by molar-refractivity contribution is 0.579. The Morgan fingerprint density at radius 1 is 0.468 bits per heavy atom. The van der Waals surface area contributed by atoms with E-state index in [-0.39, 0.29) is 0 Å². The molecule has 1 aliphatic rings. The molecule has 224 valence electrons. The van der Waals surface area contributed by atoms with Crippen LogP contribution in [-0.2, 0) is 6.42 Å². The normalized spacial score (nSPS) is 15.7. The van der Waals surface area contributed by atoms with Gasteiger partial charge >= 0.3 is 0 Å². The molecule has 47 heavy (non-hydrogen) atoms. The lowest BCUT2D eigenvalue weighted by Crippen LogP contribution is -2.10. The molecule has 0 saturated heterocycles. The van der Waals surface area contributed by atoms with Gasteiger partial charge in [0, 0.05) is 16.3 Å². The molecule has 0 bridgehead atoms. The molecule has 0 fully saturated rings. The second-order valence-electron chi connectivity index (χ2n) is 12.9. The zero-order valence-electron chi connectivity index (χ0n) is 26.5. The monoisotopic (exact) mass is 601 g/mol. The van der Waals surface area contributed by atoms with E-state index in [0.717, 1.165) is 6.42 Å². The van der Waals surface area contributed by atoms with E-state index >= 15 is 0 Å². The van der Waals surface area contributed by atoms with E-state index in [1.165, 1.54) is 77.6 Å². The van der Waals surface area contributed by atoms with E-state index in [1.807, 2.05) is 0 Å². The molecule has 2 atom stereocenters. The molecule has 1 heterocycles. The van der Waals surface area contributed by atoms with Gasteiger partial charge in [0.05, 0.1) is 16.7 Å². The van der Waals surface area contributed by atoms with Crippen LogP contribution in [0.2, 0.25) is 0 Å². The van der Waals surface area contributed by atoms with Crippen molar-refractivity contribution in [2.45, 2.75) is 25.2 Å². The lowest BCUT2D eigenvalue weighted by atomic mass is 9.80.